The van der Waals surface area contributed by atoms with Crippen molar-refractivity contribution in [3.63, 3.8) is 0 Å². The van der Waals surface area contributed by atoms with Crippen molar-refractivity contribution in [2.75, 3.05) is 11.9 Å². The Morgan fingerprint density at radius 3 is 2.56 bits per heavy atom. The molecule has 0 radical (unpaired) electrons. The van der Waals surface area contributed by atoms with Gasteiger partial charge in [0.2, 0.25) is 0 Å². The summed E-state index contributed by atoms with van der Waals surface area (Å²) < 4.78 is 0. The molecule has 16 heavy (non-hydrogen) atoms. The Kier molecular flexibility index (Phi) is 4.16. The Labute approximate surface area is 107 Å². The molecule has 0 bridgehead atoms. The van der Waals surface area contributed by atoms with Crippen molar-refractivity contribution < 1.29 is 0 Å². The van der Waals surface area contributed by atoms with Gasteiger partial charge in [0.15, 0.2) is 0 Å². The van der Waals surface area contributed by atoms with E-state index in [0.29, 0.717) is 10.0 Å². The van der Waals surface area contributed by atoms with Gasteiger partial charge in [-0.1, -0.05) is 44.6 Å². The largest absolute Gasteiger partial charge is 0.389 e. The predicted octanol–water partition coefficient (Wildman–Crippen LogP) is 3.43. The third-order valence-electron chi connectivity index (χ3n) is 2.06. The number of halogens is 1. The van der Waals surface area contributed by atoms with Gasteiger partial charge in [0, 0.05) is 22.8 Å². The Morgan fingerprint density at radius 2 is 2.06 bits per heavy atom. The van der Waals surface area contributed by atoms with E-state index < -0.39 is 0 Å². The van der Waals surface area contributed by atoms with Gasteiger partial charge in [-0.25, -0.2) is 0 Å². The van der Waals surface area contributed by atoms with Crippen molar-refractivity contribution in [2.24, 2.45) is 11.1 Å². The molecular formula is C12H17ClN2S. The van der Waals surface area contributed by atoms with E-state index in [-0.39, 0.29) is 5.41 Å². The lowest BCUT2D eigenvalue weighted by molar-refractivity contribution is 0.443. The molecule has 4 heteroatoms. The van der Waals surface area contributed by atoms with E-state index in [1.807, 2.05) is 12.1 Å². The summed E-state index contributed by atoms with van der Waals surface area (Å²) in [5.41, 5.74) is 7.59. The summed E-state index contributed by atoms with van der Waals surface area (Å²) in [7, 11) is 0. The van der Waals surface area contributed by atoms with Crippen LogP contribution in [0.15, 0.2) is 18.2 Å². The number of nitrogens with one attached hydrogen (secondary N) is 1. The van der Waals surface area contributed by atoms with Crippen molar-refractivity contribution in [1.29, 1.82) is 0 Å². The summed E-state index contributed by atoms with van der Waals surface area (Å²) in [5, 5.41) is 3.98. The van der Waals surface area contributed by atoms with Gasteiger partial charge in [-0.05, 0) is 23.6 Å². The zero-order chi connectivity index (χ0) is 12.3. The second-order valence-electron chi connectivity index (χ2n) is 4.97. The number of rotatable bonds is 3. The first-order valence-corrected chi connectivity index (χ1v) is 5.91. The molecule has 0 saturated heterocycles. The van der Waals surface area contributed by atoms with Crippen LogP contribution in [0.2, 0.25) is 5.02 Å². The Morgan fingerprint density at radius 1 is 1.44 bits per heavy atom. The molecule has 0 aliphatic carbocycles. The molecule has 3 N–H and O–H groups in total. The SMILES string of the molecule is CC(C)(C)CNc1ccc(Cl)cc1C(N)=S. The van der Waals surface area contributed by atoms with Crippen LogP contribution in [-0.4, -0.2) is 11.5 Å². The van der Waals surface area contributed by atoms with E-state index >= 15 is 0 Å². The molecule has 1 aromatic rings. The number of hydrogen-bond acceptors (Lipinski definition) is 2. The van der Waals surface area contributed by atoms with E-state index in [1.165, 1.54) is 0 Å². The maximum Gasteiger partial charge on any atom is 0.106 e. The van der Waals surface area contributed by atoms with Gasteiger partial charge < -0.3 is 11.1 Å². The minimum atomic E-state index is 0.202. The van der Waals surface area contributed by atoms with Crippen LogP contribution in [-0.2, 0) is 0 Å². The summed E-state index contributed by atoms with van der Waals surface area (Å²) >= 11 is 10.9. The Balaban J connectivity index is 2.91. The van der Waals surface area contributed by atoms with Crippen LogP contribution in [0.3, 0.4) is 0 Å². The third kappa shape index (κ3) is 3.99. The topological polar surface area (TPSA) is 38.0 Å². The molecule has 0 unspecified atom stereocenters. The minimum Gasteiger partial charge on any atom is -0.389 e. The molecule has 0 amide bonds. The average Bonchev–Trinajstić information content (AvgIpc) is 2.14. The monoisotopic (exact) mass is 256 g/mol. The molecule has 1 rings (SSSR count). The van der Waals surface area contributed by atoms with Gasteiger partial charge in [0.25, 0.3) is 0 Å². The first-order chi connectivity index (χ1) is 7.29. The molecule has 0 spiro atoms. The molecule has 0 fully saturated rings. The van der Waals surface area contributed by atoms with E-state index in [4.69, 9.17) is 29.6 Å². The zero-order valence-electron chi connectivity index (χ0n) is 9.80. The van der Waals surface area contributed by atoms with Crippen LogP contribution < -0.4 is 11.1 Å². The lowest BCUT2D eigenvalue weighted by Crippen LogP contribution is -2.21. The summed E-state index contributed by atoms with van der Waals surface area (Å²) in [4.78, 5) is 0.360. The van der Waals surface area contributed by atoms with Gasteiger partial charge in [0.05, 0.1) is 0 Å². The maximum atomic E-state index is 5.91. The number of nitrogens with two attached hydrogens (primary N) is 1. The van der Waals surface area contributed by atoms with Gasteiger partial charge >= 0.3 is 0 Å². The first kappa shape index (κ1) is 13.3. The van der Waals surface area contributed by atoms with Crippen LogP contribution in [0.5, 0.6) is 0 Å². The lowest BCUT2D eigenvalue weighted by Gasteiger charge is -2.21. The highest BCUT2D eigenvalue weighted by molar-refractivity contribution is 7.80. The first-order valence-electron chi connectivity index (χ1n) is 5.13. The van der Waals surface area contributed by atoms with Crippen molar-refractivity contribution >= 4 is 34.5 Å². The summed E-state index contributed by atoms with van der Waals surface area (Å²) in [6, 6.07) is 5.52. The highest BCUT2D eigenvalue weighted by Crippen LogP contribution is 2.22. The summed E-state index contributed by atoms with van der Waals surface area (Å²) in [5.74, 6) is 0. The zero-order valence-corrected chi connectivity index (χ0v) is 11.4. The lowest BCUT2D eigenvalue weighted by atomic mass is 9.96. The van der Waals surface area contributed by atoms with E-state index in [0.717, 1.165) is 17.8 Å². The van der Waals surface area contributed by atoms with Crippen LogP contribution in [0.25, 0.3) is 0 Å². The molecule has 0 atom stereocenters. The quantitative estimate of drug-likeness (QED) is 0.814. The third-order valence-corrected chi connectivity index (χ3v) is 2.51. The number of thiocarbonyl (C=S) groups is 1. The molecule has 0 aliphatic rings. The van der Waals surface area contributed by atoms with E-state index in [2.05, 4.69) is 26.1 Å². The number of benzene rings is 1. The van der Waals surface area contributed by atoms with E-state index in [9.17, 15) is 0 Å². The Bertz CT molecular complexity index is 396. The molecule has 0 aromatic heterocycles. The Hall–Kier alpha value is -0.800. The highest BCUT2D eigenvalue weighted by atomic mass is 35.5. The van der Waals surface area contributed by atoms with Crippen LogP contribution in [0.4, 0.5) is 5.69 Å². The van der Waals surface area contributed by atoms with Gasteiger partial charge in [-0.3, -0.25) is 0 Å². The summed E-state index contributed by atoms with van der Waals surface area (Å²) in [6.45, 7) is 7.34. The van der Waals surface area contributed by atoms with Crippen molar-refractivity contribution in [2.45, 2.75) is 20.8 Å². The van der Waals surface area contributed by atoms with Crippen LogP contribution in [0, 0.1) is 5.41 Å². The minimum absolute atomic E-state index is 0.202. The van der Waals surface area contributed by atoms with Crippen LogP contribution >= 0.6 is 23.8 Å². The van der Waals surface area contributed by atoms with E-state index in [1.54, 1.807) is 6.07 Å². The fraction of sp³-hybridized carbons (Fsp3) is 0.417. The molecule has 2 nitrogen and oxygen atoms in total. The van der Waals surface area contributed by atoms with Gasteiger partial charge in [0.1, 0.15) is 4.99 Å². The molecule has 0 saturated carbocycles. The van der Waals surface area contributed by atoms with Crippen molar-refractivity contribution in [1.82, 2.24) is 0 Å². The maximum absolute atomic E-state index is 5.91. The van der Waals surface area contributed by atoms with Crippen LogP contribution in [0.1, 0.15) is 26.3 Å². The molecule has 88 valence electrons. The highest BCUT2D eigenvalue weighted by Gasteiger charge is 2.12. The number of anilines is 1. The van der Waals surface area contributed by atoms with Crippen molar-refractivity contribution in [3.05, 3.63) is 28.8 Å². The van der Waals surface area contributed by atoms with Gasteiger partial charge in [-0.15, -0.1) is 0 Å². The molecule has 1 aromatic carbocycles. The molecule has 0 aliphatic heterocycles. The van der Waals surface area contributed by atoms with Gasteiger partial charge in [-0.2, -0.15) is 0 Å². The predicted molar refractivity (Wildman–Crippen MR) is 75.3 cm³/mol. The summed E-state index contributed by atoms with van der Waals surface area (Å²) in [6.07, 6.45) is 0. The fourth-order valence-electron chi connectivity index (χ4n) is 1.23. The fourth-order valence-corrected chi connectivity index (χ4v) is 1.58. The second-order valence-corrected chi connectivity index (χ2v) is 5.84. The molecular weight excluding hydrogens is 240 g/mol. The average molecular weight is 257 g/mol. The second kappa shape index (κ2) is 5.02. The van der Waals surface area contributed by atoms with Crippen molar-refractivity contribution in [3.8, 4) is 0 Å². The normalized spacial score (nSPS) is 11.2. The number of hydrogen-bond donors (Lipinski definition) is 2. The standard InChI is InChI=1S/C12H17ClN2S/c1-12(2,3)7-15-10-5-4-8(13)6-9(10)11(14)16/h4-6,15H,7H2,1-3H3,(H2,14,16). The molecule has 0 heterocycles. The smallest absolute Gasteiger partial charge is 0.106 e.